The summed E-state index contributed by atoms with van der Waals surface area (Å²) in [4.78, 5) is 20.2. The van der Waals surface area contributed by atoms with Gasteiger partial charge in [0.2, 0.25) is 0 Å². The summed E-state index contributed by atoms with van der Waals surface area (Å²) in [6, 6.07) is 0. The Hall–Kier alpha value is -1.12. The maximum Gasteiger partial charge on any atom is 0.254 e. The molecule has 2 unspecified atom stereocenters. The van der Waals surface area contributed by atoms with Crippen molar-refractivity contribution in [2.75, 3.05) is 0 Å². The summed E-state index contributed by atoms with van der Waals surface area (Å²) < 4.78 is 0. The molecule has 1 fully saturated rings. The first-order chi connectivity index (χ1) is 9.24. The fraction of sp³-hybridized carbons (Fsp3) is 0.750. The zero-order chi connectivity index (χ0) is 13.2. The van der Waals surface area contributed by atoms with Crippen LogP contribution in [0.4, 0.5) is 0 Å². The van der Waals surface area contributed by atoms with Gasteiger partial charge in [0.1, 0.15) is 5.82 Å². The molecule has 3 rings (SSSR count). The van der Waals surface area contributed by atoms with Crippen molar-refractivity contribution in [2.24, 2.45) is 5.92 Å². The van der Waals surface area contributed by atoms with Gasteiger partial charge in [-0.1, -0.05) is 26.2 Å². The number of hydrogen-bond donors (Lipinski definition) is 1. The number of hydrogen-bond acceptors (Lipinski definition) is 2. The lowest BCUT2D eigenvalue weighted by atomic mass is 9.82. The third kappa shape index (κ3) is 2.75. The normalized spacial score (nSPS) is 27.6. The Bertz CT molecular complexity index is 506. The standard InChI is InChI=1S/C16H24N2O/c1-11-6-5-7-12(10-11)15-17-14-9-4-2-3-8-13(14)16(19)18-15/h11-12H,2-10H2,1H3,(H,17,18,19). The molecule has 0 radical (unpaired) electrons. The highest BCUT2D eigenvalue weighted by molar-refractivity contribution is 5.20. The van der Waals surface area contributed by atoms with Crippen LogP contribution < -0.4 is 5.56 Å². The summed E-state index contributed by atoms with van der Waals surface area (Å²) in [6.07, 6.45) is 10.4. The van der Waals surface area contributed by atoms with Crippen LogP contribution in [0.3, 0.4) is 0 Å². The summed E-state index contributed by atoms with van der Waals surface area (Å²) in [6.45, 7) is 2.31. The van der Waals surface area contributed by atoms with E-state index >= 15 is 0 Å². The molecule has 2 aliphatic carbocycles. The second-order valence-corrected chi connectivity index (χ2v) is 6.41. The molecule has 2 aliphatic rings. The molecule has 3 heteroatoms. The van der Waals surface area contributed by atoms with Crippen LogP contribution in [0.1, 0.15) is 74.9 Å². The van der Waals surface area contributed by atoms with E-state index in [2.05, 4.69) is 11.9 Å². The van der Waals surface area contributed by atoms with Gasteiger partial charge in [-0.15, -0.1) is 0 Å². The highest BCUT2D eigenvalue weighted by Crippen LogP contribution is 2.34. The second kappa shape index (κ2) is 5.48. The van der Waals surface area contributed by atoms with E-state index in [-0.39, 0.29) is 5.56 Å². The number of fused-ring (bicyclic) bond motifs is 1. The molecule has 0 amide bonds. The molecule has 1 N–H and O–H groups in total. The summed E-state index contributed by atoms with van der Waals surface area (Å²) in [5.74, 6) is 2.21. The van der Waals surface area contributed by atoms with Crippen LogP contribution in [0.5, 0.6) is 0 Å². The predicted octanol–water partition coefficient (Wildman–Crippen LogP) is 3.33. The van der Waals surface area contributed by atoms with Crippen molar-refractivity contribution in [3.8, 4) is 0 Å². The second-order valence-electron chi connectivity index (χ2n) is 6.41. The fourth-order valence-corrected chi connectivity index (χ4v) is 3.68. The third-order valence-electron chi connectivity index (χ3n) is 4.78. The van der Waals surface area contributed by atoms with E-state index in [4.69, 9.17) is 4.98 Å². The molecule has 2 atom stereocenters. The molecule has 1 aromatic rings. The SMILES string of the molecule is CC1CCCC(c2nc3c(c(=O)[nH]2)CCCCC3)C1. The molecule has 0 aromatic carbocycles. The Labute approximate surface area is 114 Å². The maximum absolute atomic E-state index is 12.3. The Kier molecular flexibility index (Phi) is 3.72. The van der Waals surface area contributed by atoms with Gasteiger partial charge in [-0.3, -0.25) is 4.79 Å². The van der Waals surface area contributed by atoms with Crippen molar-refractivity contribution >= 4 is 0 Å². The smallest absolute Gasteiger partial charge is 0.254 e. The molecule has 1 heterocycles. The van der Waals surface area contributed by atoms with Gasteiger partial charge in [-0.25, -0.2) is 4.98 Å². The van der Waals surface area contributed by atoms with Gasteiger partial charge in [0.15, 0.2) is 0 Å². The van der Waals surface area contributed by atoms with Crippen LogP contribution in [-0.4, -0.2) is 9.97 Å². The zero-order valence-electron chi connectivity index (χ0n) is 11.9. The Morgan fingerprint density at radius 2 is 1.95 bits per heavy atom. The molecule has 0 saturated heterocycles. The van der Waals surface area contributed by atoms with Gasteiger partial charge in [0.05, 0.1) is 5.69 Å². The van der Waals surface area contributed by atoms with Crippen LogP contribution in [-0.2, 0) is 12.8 Å². The van der Waals surface area contributed by atoms with E-state index in [1.807, 2.05) is 0 Å². The highest BCUT2D eigenvalue weighted by Gasteiger charge is 2.24. The molecule has 0 spiro atoms. The van der Waals surface area contributed by atoms with Gasteiger partial charge in [-0.2, -0.15) is 0 Å². The van der Waals surface area contributed by atoms with E-state index in [1.54, 1.807) is 0 Å². The van der Waals surface area contributed by atoms with E-state index in [1.165, 1.54) is 38.5 Å². The topological polar surface area (TPSA) is 45.8 Å². The minimum atomic E-state index is 0.139. The monoisotopic (exact) mass is 260 g/mol. The first-order valence-corrected chi connectivity index (χ1v) is 7.86. The van der Waals surface area contributed by atoms with Gasteiger partial charge in [-0.05, 0) is 44.4 Å². The van der Waals surface area contributed by atoms with Crippen LogP contribution in [0.25, 0.3) is 0 Å². The number of H-pyrrole nitrogens is 1. The van der Waals surface area contributed by atoms with Crippen molar-refractivity contribution in [3.05, 3.63) is 27.4 Å². The van der Waals surface area contributed by atoms with E-state index in [0.29, 0.717) is 5.92 Å². The van der Waals surface area contributed by atoms with E-state index < -0.39 is 0 Å². The molecule has 19 heavy (non-hydrogen) atoms. The average molecular weight is 260 g/mol. The van der Waals surface area contributed by atoms with E-state index in [9.17, 15) is 4.79 Å². The number of aromatic nitrogens is 2. The first-order valence-electron chi connectivity index (χ1n) is 7.86. The van der Waals surface area contributed by atoms with E-state index in [0.717, 1.165) is 42.3 Å². The lowest BCUT2D eigenvalue weighted by molar-refractivity contribution is 0.334. The van der Waals surface area contributed by atoms with Gasteiger partial charge in [0.25, 0.3) is 5.56 Å². The van der Waals surface area contributed by atoms with Crippen LogP contribution >= 0.6 is 0 Å². The average Bonchev–Trinajstić information content (AvgIpc) is 2.64. The quantitative estimate of drug-likeness (QED) is 0.787. The van der Waals surface area contributed by atoms with Crippen molar-refractivity contribution in [1.29, 1.82) is 0 Å². The number of aromatic amines is 1. The molecular formula is C16H24N2O. The number of nitrogens with zero attached hydrogens (tertiary/aromatic N) is 1. The molecular weight excluding hydrogens is 236 g/mol. The van der Waals surface area contributed by atoms with Crippen LogP contribution in [0, 0.1) is 5.92 Å². The summed E-state index contributed by atoms with van der Waals surface area (Å²) in [5.41, 5.74) is 2.19. The summed E-state index contributed by atoms with van der Waals surface area (Å²) in [5, 5.41) is 0. The number of nitrogens with one attached hydrogen (secondary N) is 1. The minimum Gasteiger partial charge on any atom is -0.310 e. The maximum atomic E-state index is 12.3. The number of aryl methyl sites for hydroxylation is 1. The Morgan fingerprint density at radius 3 is 2.79 bits per heavy atom. The molecule has 1 saturated carbocycles. The van der Waals surface area contributed by atoms with Gasteiger partial charge < -0.3 is 4.98 Å². The lowest BCUT2D eigenvalue weighted by Crippen LogP contribution is -2.23. The van der Waals surface area contributed by atoms with Gasteiger partial charge >= 0.3 is 0 Å². The Morgan fingerprint density at radius 1 is 1.11 bits per heavy atom. The summed E-state index contributed by atoms with van der Waals surface area (Å²) in [7, 11) is 0. The first kappa shape index (κ1) is 12.9. The van der Waals surface area contributed by atoms with Gasteiger partial charge in [0, 0.05) is 11.5 Å². The summed E-state index contributed by atoms with van der Waals surface area (Å²) >= 11 is 0. The molecule has 1 aromatic heterocycles. The highest BCUT2D eigenvalue weighted by atomic mass is 16.1. The Balaban J connectivity index is 1.92. The molecule has 104 valence electrons. The predicted molar refractivity (Wildman–Crippen MR) is 76.5 cm³/mol. The fourth-order valence-electron chi connectivity index (χ4n) is 3.68. The largest absolute Gasteiger partial charge is 0.310 e. The minimum absolute atomic E-state index is 0.139. The zero-order valence-corrected chi connectivity index (χ0v) is 11.9. The third-order valence-corrected chi connectivity index (χ3v) is 4.78. The van der Waals surface area contributed by atoms with Crippen molar-refractivity contribution in [1.82, 2.24) is 9.97 Å². The van der Waals surface area contributed by atoms with Crippen molar-refractivity contribution < 1.29 is 0 Å². The van der Waals surface area contributed by atoms with Crippen molar-refractivity contribution in [2.45, 2.75) is 70.6 Å². The lowest BCUT2D eigenvalue weighted by Gasteiger charge is -2.26. The van der Waals surface area contributed by atoms with Crippen LogP contribution in [0.2, 0.25) is 0 Å². The number of rotatable bonds is 1. The van der Waals surface area contributed by atoms with Crippen LogP contribution in [0.15, 0.2) is 4.79 Å². The molecule has 3 nitrogen and oxygen atoms in total. The molecule has 0 bridgehead atoms. The van der Waals surface area contributed by atoms with Crippen molar-refractivity contribution in [3.63, 3.8) is 0 Å². The molecule has 0 aliphatic heterocycles.